The molecule has 2 rings (SSSR count). The van der Waals surface area contributed by atoms with Crippen molar-refractivity contribution < 1.29 is 4.74 Å². The Hall–Kier alpha value is -0.120. The van der Waals surface area contributed by atoms with Crippen LogP contribution >= 0.6 is 0 Å². The average Bonchev–Trinajstić information content (AvgIpc) is 2.68. The fourth-order valence-electron chi connectivity index (χ4n) is 3.29. The molecule has 0 aromatic rings. The van der Waals surface area contributed by atoms with Gasteiger partial charge in [0.15, 0.2) is 0 Å². The SMILES string of the molecule is COC1CCC(NCCN2CCCCCC2)CC1. The van der Waals surface area contributed by atoms with E-state index < -0.39 is 0 Å². The Labute approximate surface area is 112 Å². The van der Waals surface area contributed by atoms with Crippen molar-refractivity contribution in [1.29, 1.82) is 0 Å². The quantitative estimate of drug-likeness (QED) is 0.815. The lowest BCUT2D eigenvalue weighted by Crippen LogP contribution is -2.40. The molecule has 0 aromatic heterocycles. The van der Waals surface area contributed by atoms with Crippen molar-refractivity contribution in [3.63, 3.8) is 0 Å². The maximum atomic E-state index is 5.42. The molecule has 0 spiro atoms. The van der Waals surface area contributed by atoms with Gasteiger partial charge in [0.1, 0.15) is 0 Å². The second-order valence-electron chi connectivity index (χ2n) is 5.92. The van der Waals surface area contributed by atoms with E-state index in [1.165, 1.54) is 77.5 Å². The third kappa shape index (κ3) is 4.87. The van der Waals surface area contributed by atoms with Crippen LogP contribution in [-0.2, 0) is 4.74 Å². The van der Waals surface area contributed by atoms with Crippen LogP contribution < -0.4 is 5.32 Å². The fraction of sp³-hybridized carbons (Fsp3) is 1.00. The minimum absolute atomic E-state index is 0.522. The molecule has 3 heteroatoms. The van der Waals surface area contributed by atoms with Gasteiger partial charge in [-0.3, -0.25) is 0 Å². The van der Waals surface area contributed by atoms with E-state index in [9.17, 15) is 0 Å². The van der Waals surface area contributed by atoms with Gasteiger partial charge in [0.25, 0.3) is 0 Å². The molecule has 1 heterocycles. The maximum absolute atomic E-state index is 5.42. The van der Waals surface area contributed by atoms with Crippen molar-refractivity contribution in [2.45, 2.75) is 63.5 Å². The number of ether oxygens (including phenoxy) is 1. The Morgan fingerprint density at radius 1 is 1.00 bits per heavy atom. The summed E-state index contributed by atoms with van der Waals surface area (Å²) in [5.41, 5.74) is 0. The molecule has 2 fully saturated rings. The van der Waals surface area contributed by atoms with Crippen LogP contribution in [0.25, 0.3) is 0 Å². The van der Waals surface area contributed by atoms with E-state index in [2.05, 4.69) is 10.2 Å². The number of likely N-dealkylation sites (tertiary alicyclic amines) is 1. The first-order valence-corrected chi connectivity index (χ1v) is 7.87. The lowest BCUT2D eigenvalue weighted by Gasteiger charge is -2.29. The van der Waals surface area contributed by atoms with Crippen molar-refractivity contribution in [3.8, 4) is 0 Å². The van der Waals surface area contributed by atoms with Crippen molar-refractivity contribution >= 4 is 0 Å². The van der Waals surface area contributed by atoms with E-state index in [4.69, 9.17) is 4.74 Å². The fourth-order valence-corrected chi connectivity index (χ4v) is 3.29. The molecular weight excluding hydrogens is 224 g/mol. The summed E-state index contributed by atoms with van der Waals surface area (Å²) in [5.74, 6) is 0. The van der Waals surface area contributed by atoms with Crippen molar-refractivity contribution in [2.24, 2.45) is 0 Å². The Morgan fingerprint density at radius 3 is 2.28 bits per heavy atom. The van der Waals surface area contributed by atoms with Gasteiger partial charge in [-0.25, -0.2) is 0 Å². The van der Waals surface area contributed by atoms with Crippen molar-refractivity contribution in [1.82, 2.24) is 10.2 Å². The molecule has 1 aliphatic heterocycles. The second-order valence-corrected chi connectivity index (χ2v) is 5.92. The summed E-state index contributed by atoms with van der Waals surface area (Å²) in [5, 5.41) is 3.74. The van der Waals surface area contributed by atoms with Crippen LogP contribution in [0.1, 0.15) is 51.4 Å². The van der Waals surface area contributed by atoms with Crippen LogP contribution in [0.3, 0.4) is 0 Å². The van der Waals surface area contributed by atoms with Gasteiger partial charge in [-0.2, -0.15) is 0 Å². The molecule has 0 unspecified atom stereocenters. The first-order chi connectivity index (χ1) is 8.88. The molecule has 1 aliphatic carbocycles. The predicted octanol–water partition coefficient (Wildman–Crippen LogP) is 2.41. The maximum Gasteiger partial charge on any atom is 0.0572 e. The predicted molar refractivity (Wildman–Crippen MR) is 76.0 cm³/mol. The largest absolute Gasteiger partial charge is 0.381 e. The van der Waals surface area contributed by atoms with Gasteiger partial charge in [-0.1, -0.05) is 12.8 Å². The van der Waals surface area contributed by atoms with Crippen LogP contribution in [0.15, 0.2) is 0 Å². The van der Waals surface area contributed by atoms with Crippen molar-refractivity contribution in [2.75, 3.05) is 33.3 Å². The summed E-state index contributed by atoms with van der Waals surface area (Å²) in [6.07, 6.45) is 11.2. The van der Waals surface area contributed by atoms with Crippen LogP contribution in [0.2, 0.25) is 0 Å². The Balaban J connectivity index is 1.55. The summed E-state index contributed by atoms with van der Waals surface area (Å²) in [4.78, 5) is 2.64. The van der Waals surface area contributed by atoms with Crippen LogP contribution in [0.4, 0.5) is 0 Å². The molecule has 1 saturated carbocycles. The smallest absolute Gasteiger partial charge is 0.0572 e. The van der Waals surface area contributed by atoms with Crippen LogP contribution in [-0.4, -0.2) is 50.3 Å². The first-order valence-electron chi connectivity index (χ1n) is 7.87. The van der Waals surface area contributed by atoms with E-state index in [0.717, 1.165) is 6.04 Å². The monoisotopic (exact) mass is 254 g/mol. The number of nitrogens with zero attached hydrogens (tertiary/aromatic N) is 1. The summed E-state index contributed by atoms with van der Waals surface area (Å²) >= 11 is 0. The molecule has 106 valence electrons. The van der Waals surface area contributed by atoms with Gasteiger partial charge >= 0.3 is 0 Å². The molecule has 0 aromatic carbocycles. The van der Waals surface area contributed by atoms with Gasteiger partial charge in [-0.15, -0.1) is 0 Å². The lowest BCUT2D eigenvalue weighted by atomic mass is 9.93. The Morgan fingerprint density at radius 2 is 1.67 bits per heavy atom. The molecule has 1 saturated heterocycles. The van der Waals surface area contributed by atoms with Crippen molar-refractivity contribution in [3.05, 3.63) is 0 Å². The minimum Gasteiger partial charge on any atom is -0.381 e. The molecule has 0 radical (unpaired) electrons. The molecule has 0 bridgehead atoms. The Kier molecular flexibility index (Phi) is 6.46. The number of rotatable bonds is 5. The number of hydrogen-bond acceptors (Lipinski definition) is 3. The molecule has 0 atom stereocenters. The number of methoxy groups -OCH3 is 1. The zero-order chi connectivity index (χ0) is 12.6. The highest BCUT2D eigenvalue weighted by Crippen LogP contribution is 2.20. The third-order valence-electron chi connectivity index (χ3n) is 4.57. The second kappa shape index (κ2) is 8.13. The van der Waals surface area contributed by atoms with Gasteiger partial charge in [0.2, 0.25) is 0 Å². The molecule has 1 N–H and O–H groups in total. The Bertz CT molecular complexity index is 207. The average molecular weight is 254 g/mol. The van der Waals surface area contributed by atoms with E-state index in [0.29, 0.717) is 6.10 Å². The number of hydrogen-bond donors (Lipinski definition) is 1. The summed E-state index contributed by atoms with van der Waals surface area (Å²) in [7, 11) is 1.84. The molecule has 2 aliphatic rings. The normalized spacial score (nSPS) is 31.2. The molecule has 0 amide bonds. The molecule has 18 heavy (non-hydrogen) atoms. The van der Waals surface area contributed by atoms with Crippen LogP contribution in [0, 0.1) is 0 Å². The lowest BCUT2D eigenvalue weighted by molar-refractivity contribution is 0.0622. The molecule has 3 nitrogen and oxygen atoms in total. The molecular formula is C15H30N2O. The highest BCUT2D eigenvalue weighted by atomic mass is 16.5. The highest BCUT2D eigenvalue weighted by molar-refractivity contribution is 4.77. The van der Waals surface area contributed by atoms with Gasteiger partial charge in [0.05, 0.1) is 6.10 Å². The van der Waals surface area contributed by atoms with E-state index >= 15 is 0 Å². The highest BCUT2D eigenvalue weighted by Gasteiger charge is 2.20. The van der Waals surface area contributed by atoms with Gasteiger partial charge in [-0.05, 0) is 51.6 Å². The third-order valence-corrected chi connectivity index (χ3v) is 4.57. The summed E-state index contributed by atoms with van der Waals surface area (Å²) in [6.45, 7) is 5.04. The minimum atomic E-state index is 0.522. The standard InChI is InChI=1S/C15H30N2O/c1-18-15-8-6-14(7-9-15)16-10-13-17-11-4-2-3-5-12-17/h14-16H,2-13H2,1H3. The van der Waals surface area contributed by atoms with Crippen LogP contribution in [0.5, 0.6) is 0 Å². The zero-order valence-electron chi connectivity index (χ0n) is 12.0. The van der Waals surface area contributed by atoms with Gasteiger partial charge in [0, 0.05) is 26.2 Å². The van der Waals surface area contributed by atoms with E-state index in [1.807, 2.05) is 7.11 Å². The van der Waals surface area contributed by atoms with E-state index in [1.54, 1.807) is 0 Å². The van der Waals surface area contributed by atoms with E-state index in [-0.39, 0.29) is 0 Å². The summed E-state index contributed by atoms with van der Waals surface area (Å²) in [6, 6.07) is 0.739. The number of nitrogens with one attached hydrogen (secondary N) is 1. The topological polar surface area (TPSA) is 24.5 Å². The zero-order valence-corrected chi connectivity index (χ0v) is 12.0. The summed E-state index contributed by atoms with van der Waals surface area (Å²) < 4.78 is 5.42. The van der Waals surface area contributed by atoms with Gasteiger partial charge < -0.3 is 15.0 Å². The first kappa shape index (κ1) is 14.3.